The van der Waals surface area contributed by atoms with Gasteiger partial charge >= 0.3 is 0 Å². The van der Waals surface area contributed by atoms with Gasteiger partial charge in [-0.25, -0.2) is 0 Å². The van der Waals surface area contributed by atoms with Crippen LogP contribution in [-0.2, 0) is 4.79 Å². The topological polar surface area (TPSA) is 71.3 Å². The van der Waals surface area contributed by atoms with Crippen LogP contribution >= 0.6 is 0 Å². The van der Waals surface area contributed by atoms with E-state index in [-0.39, 0.29) is 17.5 Å². The Morgan fingerprint density at radius 2 is 1.88 bits per heavy atom. The lowest BCUT2D eigenvalue weighted by Crippen LogP contribution is -2.35. The van der Waals surface area contributed by atoms with Crippen molar-refractivity contribution >= 4 is 17.9 Å². The molecule has 0 fully saturated rings. The van der Waals surface area contributed by atoms with Crippen molar-refractivity contribution in [1.82, 2.24) is 10.6 Å². The van der Waals surface area contributed by atoms with Crippen LogP contribution in [0.2, 0.25) is 0 Å². The summed E-state index contributed by atoms with van der Waals surface area (Å²) < 4.78 is 5.47. The third kappa shape index (κ3) is 5.12. The van der Waals surface area contributed by atoms with Crippen molar-refractivity contribution in [2.24, 2.45) is 0 Å². The van der Waals surface area contributed by atoms with Crippen LogP contribution in [0.25, 0.3) is 6.08 Å². The third-order valence-electron chi connectivity index (χ3n) is 3.39. The van der Waals surface area contributed by atoms with Crippen molar-refractivity contribution < 1.29 is 14.0 Å². The first-order valence-electron chi connectivity index (χ1n) is 8.03. The molecule has 24 heavy (non-hydrogen) atoms. The van der Waals surface area contributed by atoms with Crippen molar-refractivity contribution in [2.45, 2.75) is 26.7 Å². The SMILES string of the molecule is CCCCNC(=O)/C(=C/c1ccc(C)o1)NC(=O)c1ccccc1. The van der Waals surface area contributed by atoms with Crippen LogP contribution in [0.15, 0.2) is 52.6 Å². The van der Waals surface area contributed by atoms with E-state index in [0.29, 0.717) is 17.9 Å². The molecule has 1 aromatic heterocycles. The molecule has 5 nitrogen and oxygen atoms in total. The first-order chi connectivity index (χ1) is 11.6. The van der Waals surface area contributed by atoms with Gasteiger partial charge in [0.2, 0.25) is 0 Å². The molecular formula is C19H22N2O3. The molecule has 2 amide bonds. The molecule has 0 radical (unpaired) electrons. The molecule has 5 heteroatoms. The second kappa shape index (κ2) is 8.72. The second-order valence-electron chi connectivity index (χ2n) is 5.44. The lowest BCUT2D eigenvalue weighted by Gasteiger charge is -2.10. The number of amides is 2. The summed E-state index contributed by atoms with van der Waals surface area (Å²) in [4.78, 5) is 24.7. The summed E-state index contributed by atoms with van der Waals surface area (Å²) in [7, 11) is 0. The summed E-state index contributed by atoms with van der Waals surface area (Å²) >= 11 is 0. The number of hydrogen-bond acceptors (Lipinski definition) is 3. The van der Waals surface area contributed by atoms with E-state index >= 15 is 0 Å². The molecule has 0 saturated heterocycles. The Hall–Kier alpha value is -2.82. The molecular weight excluding hydrogens is 304 g/mol. The lowest BCUT2D eigenvalue weighted by atomic mass is 10.2. The summed E-state index contributed by atoms with van der Waals surface area (Å²) in [5, 5.41) is 5.47. The fourth-order valence-corrected chi connectivity index (χ4v) is 2.09. The van der Waals surface area contributed by atoms with Crippen molar-refractivity contribution in [3.05, 3.63) is 65.2 Å². The third-order valence-corrected chi connectivity index (χ3v) is 3.39. The van der Waals surface area contributed by atoms with Gasteiger partial charge in [0.05, 0.1) is 0 Å². The van der Waals surface area contributed by atoms with Crippen LogP contribution in [0.5, 0.6) is 0 Å². The Morgan fingerprint density at radius 3 is 2.50 bits per heavy atom. The van der Waals surface area contributed by atoms with Gasteiger partial charge in [-0.15, -0.1) is 0 Å². The highest BCUT2D eigenvalue weighted by atomic mass is 16.3. The normalized spacial score (nSPS) is 11.2. The van der Waals surface area contributed by atoms with Crippen LogP contribution in [0.1, 0.15) is 41.6 Å². The fourth-order valence-electron chi connectivity index (χ4n) is 2.09. The monoisotopic (exact) mass is 326 g/mol. The van der Waals surface area contributed by atoms with E-state index in [9.17, 15) is 9.59 Å². The predicted molar refractivity (Wildman–Crippen MR) is 93.2 cm³/mol. The maximum Gasteiger partial charge on any atom is 0.267 e. The standard InChI is InChI=1S/C19H22N2O3/c1-3-4-12-20-19(23)17(13-16-11-10-14(2)24-16)21-18(22)15-8-6-5-7-9-15/h5-11,13H,3-4,12H2,1-2H3,(H,20,23)(H,21,22)/b17-13-. The fraction of sp³-hybridized carbons (Fsp3) is 0.263. The van der Waals surface area contributed by atoms with Gasteiger partial charge in [-0.2, -0.15) is 0 Å². The van der Waals surface area contributed by atoms with Crippen LogP contribution in [0.3, 0.4) is 0 Å². The number of rotatable bonds is 7. The van der Waals surface area contributed by atoms with Gasteiger partial charge < -0.3 is 15.1 Å². The molecule has 1 aromatic carbocycles. The van der Waals surface area contributed by atoms with E-state index in [0.717, 1.165) is 18.6 Å². The van der Waals surface area contributed by atoms with E-state index in [2.05, 4.69) is 10.6 Å². The van der Waals surface area contributed by atoms with Crippen molar-refractivity contribution in [2.75, 3.05) is 6.54 Å². The highest BCUT2D eigenvalue weighted by Gasteiger charge is 2.14. The number of benzene rings is 1. The molecule has 2 aromatic rings. The molecule has 1 heterocycles. The van der Waals surface area contributed by atoms with Gasteiger partial charge in [-0.1, -0.05) is 31.5 Å². The van der Waals surface area contributed by atoms with E-state index in [1.54, 1.807) is 36.4 Å². The van der Waals surface area contributed by atoms with Crippen molar-refractivity contribution in [1.29, 1.82) is 0 Å². The Labute approximate surface area is 141 Å². The van der Waals surface area contributed by atoms with E-state index < -0.39 is 0 Å². The molecule has 0 aliphatic rings. The van der Waals surface area contributed by atoms with Crippen LogP contribution in [-0.4, -0.2) is 18.4 Å². The first kappa shape index (κ1) is 17.5. The zero-order chi connectivity index (χ0) is 17.4. The van der Waals surface area contributed by atoms with Gasteiger partial charge in [0.15, 0.2) is 0 Å². The minimum Gasteiger partial charge on any atom is -0.462 e. The van der Waals surface area contributed by atoms with E-state index in [4.69, 9.17) is 4.42 Å². The first-order valence-corrected chi connectivity index (χ1v) is 8.03. The predicted octanol–water partition coefficient (Wildman–Crippen LogP) is 3.28. The van der Waals surface area contributed by atoms with Crippen molar-refractivity contribution in [3.8, 4) is 0 Å². The van der Waals surface area contributed by atoms with E-state index in [1.165, 1.54) is 6.08 Å². The molecule has 0 unspecified atom stereocenters. The van der Waals surface area contributed by atoms with Gasteiger partial charge in [0.25, 0.3) is 11.8 Å². The quantitative estimate of drug-likeness (QED) is 0.606. The highest BCUT2D eigenvalue weighted by Crippen LogP contribution is 2.11. The minimum absolute atomic E-state index is 0.161. The van der Waals surface area contributed by atoms with Gasteiger partial charge in [0, 0.05) is 18.2 Å². The smallest absolute Gasteiger partial charge is 0.267 e. The molecule has 2 rings (SSSR count). The highest BCUT2D eigenvalue weighted by molar-refractivity contribution is 6.05. The Bertz CT molecular complexity index is 717. The zero-order valence-corrected chi connectivity index (χ0v) is 14.0. The maximum atomic E-state index is 12.4. The average Bonchev–Trinajstić information content (AvgIpc) is 3.00. The van der Waals surface area contributed by atoms with Gasteiger partial charge in [0.1, 0.15) is 17.2 Å². The Morgan fingerprint density at radius 1 is 1.12 bits per heavy atom. The molecule has 0 spiro atoms. The Kier molecular flexibility index (Phi) is 6.37. The second-order valence-corrected chi connectivity index (χ2v) is 5.44. The largest absolute Gasteiger partial charge is 0.462 e. The number of aryl methyl sites for hydroxylation is 1. The zero-order valence-electron chi connectivity index (χ0n) is 14.0. The summed E-state index contributed by atoms with van der Waals surface area (Å²) in [6.07, 6.45) is 3.40. The van der Waals surface area contributed by atoms with Crippen LogP contribution < -0.4 is 10.6 Å². The Balaban J connectivity index is 2.17. The number of hydrogen-bond donors (Lipinski definition) is 2. The lowest BCUT2D eigenvalue weighted by molar-refractivity contribution is -0.117. The van der Waals surface area contributed by atoms with Gasteiger partial charge in [-0.3, -0.25) is 9.59 Å². The number of carbonyl (C=O) groups excluding carboxylic acids is 2. The number of furan rings is 1. The van der Waals surface area contributed by atoms with Gasteiger partial charge in [-0.05, 0) is 37.6 Å². The minimum atomic E-state index is -0.337. The summed E-state index contributed by atoms with van der Waals surface area (Å²) in [5.41, 5.74) is 0.648. The molecule has 2 N–H and O–H groups in total. The van der Waals surface area contributed by atoms with Crippen molar-refractivity contribution in [3.63, 3.8) is 0 Å². The number of unbranched alkanes of at least 4 members (excludes halogenated alkanes) is 1. The molecule has 126 valence electrons. The van der Waals surface area contributed by atoms with Crippen LogP contribution in [0, 0.1) is 6.92 Å². The van der Waals surface area contributed by atoms with E-state index in [1.807, 2.05) is 19.9 Å². The molecule has 0 saturated carbocycles. The van der Waals surface area contributed by atoms with Crippen LogP contribution in [0.4, 0.5) is 0 Å². The summed E-state index contributed by atoms with van der Waals surface area (Å²) in [6, 6.07) is 12.3. The summed E-state index contributed by atoms with van der Waals surface area (Å²) in [5.74, 6) is 0.584. The molecule has 0 atom stereocenters. The number of carbonyl (C=O) groups is 2. The molecule has 0 bridgehead atoms. The molecule has 0 aliphatic heterocycles. The maximum absolute atomic E-state index is 12.4. The number of nitrogens with one attached hydrogen (secondary N) is 2. The summed E-state index contributed by atoms with van der Waals surface area (Å²) in [6.45, 7) is 4.43. The average molecular weight is 326 g/mol. The molecule has 0 aliphatic carbocycles.